The molecule has 4 heteroatoms. The molecule has 0 spiro atoms. The van der Waals surface area contributed by atoms with E-state index in [4.69, 9.17) is 10.5 Å². The highest BCUT2D eigenvalue weighted by atomic mass is 16.5. The lowest BCUT2D eigenvalue weighted by atomic mass is 10.3. The molecule has 0 aliphatic rings. The number of benzene rings is 1. The van der Waals surface area contributed by atoms with Gasteiger partial charge in [-0.2, -0.15) is 0 Å². The number of nitrogens with two attached hydrogens (primary N) is 1. The zero-order valence-corrected chi connectivity index (χ0v) is 7.60. The van der Waals surface area contributed by atoms with Crippen LogP contribution in [0.5, 0.6) is 5.75 Å². The molecule has 2 aromatic rings. The fourth-order valence-corrected chi connectivity index (χ4v) is 1.09. The van der Waals surface area contributed by atoms with Gasteiger partial charge >= 0.3 is 0 Å². The highest BCUT2D eigenvalue weighted by Crippen LogP contribution is 2.13. The largest absolute Gasteiger partial charge is 0.486 e. The van der Waals surface area contributed by atoms with Crippen LogP contribution in [0, 0.1) is 0 Å². The quantitative estimate of drug-likeness (QED) is 0.720. The SMILES string of the molecule is Nc1ccc(OCc2ncc[nH]2)cc1. The molecule has 0 unspecified atom stereocenters. The molecule has 0 aliphatic heterocycles. The molecular weight excluding hydrogens is 178 g/mol. The summed E-state index contributed by atoms with van der Waals surface area (Å²) < 4.78 is 5.46. The van der Waals surface area contributed by atoms with E-state index < -0.39 is 0 Å². The van der Waals surface area contributed by atoms with E-state index in [1.165, 1.54) is 0 Å². The van der Waals surface area contributed by atoms with Crippen molar-refractivity contribution in [2.45, 2.75) is 6.61 Å². The van der Waals surface area contributed by atoms with Gasteiger partial charge in [0.25, 0.3) is 0 Å². The normalized spacial score (nSPS) is 10.0. The molecule has 2 rings (SSSR count). The first-order chi connectivity index (χ1) is 6.84. The Balaban J connectivity index is 1.95. The smallest absolute Gasteiger partial charge is 0.146 e. The first-order valence-corrected chi connectivity index (χ1v) is 4.31. The summed E-state index contributed by atoms with van der Waals surface area (Å²) in [5, 5.41) is 0. The summed E-state index contributed by atoms with van der Waals surface area (Å²) in [6.07, 6.45) is 3.46. The maximum atomic E-state index is 5.54. The second-order valence-corrected chi connectivity index (χ2v) is 2.89. The predicted octanol–water partition coefficient (Wildman–Crippen LogP) is 1.57. The third-order valence-electron chi connectivity index (χ3n) is 1.81. The number of rotatable bonds is 3. The van der Waals surface area contributed by atoms with Gasteiger partial charge in [-0.1, -0.05) is 0 Å². The van der Waals surface area contributed by atoms with Gasteiger partial charge in [-0.25, -0.2) is 4.98 Å². The molecule has 3 N–H and O–H groups in total. The number of nitrogens with zero attached hydrogens (tertiary/aromatic N) is 1. The highest BCUT2D eigenvalue weighted by Gasteiger charge is 1.96. The van der Waals surface area contributed by atoms with Crippen molar-refractivity contribution >= 4 is 5.69 Å². The molecule has 1 aromatic heterocycles. The van der Waals surface area contributed by atoms with Crippen molar-refractivity contribution in [3.8, 4) is 5.75 Å². The van der Waals surface area contributed by atoms with Gasteiger partial charge in [0.15, 0.2) is 0 Å². The fraction of sp³-hybridized carbons (Fsp3) is 0.100. The Kier molecular flexibility index (Phi) is 2.36. The first kappa shape index (κ1) is 8.62. The van der Waals surface area contributed by atoms with Gasteiger partial charge in [0, 0.05) is 18.1 Å². The summed E-state index contributed by atoms with van der Waals surface area (Å²) in [6.45, 7) is 0.441. The lowest BCUT2D eigenvalue weighted by Crippen LogP contribution is -1.97. The molecule has 0 atom stereocenters. The van der Waals surface area contributed by atoms with Crippen molar-refractivity contribution in [1.82, 2.24) is 9.97 Å². The highest BCUT2D eigenvalue weighted by molar-refractivity contribution is 5.41. The van der Waals surface area contributed by atoms with Crippen LogP contribution in [0.3, 0.4) is 0 Å². The lowest BCUT2D eigenvalue weighted by molar-refractivity contribution is 0.297. The Labute approximate surface area is 81.7 Å². The number of anilines is 1. The van der Waals surface area contributed by atoms with Crippen molar-refractivity contribution in [2.75, 3.05) is 5.73 Å². The summed E-state index contributed by atoms with van der Waals surface area (Å²) in [5.41, 5.74) is 6.28. The zero-order chi connectivity index (χ0) is 9.80. The van der Waals surface area contributed by atoms with E-state index in [-0.39, 0.29) is 0 Å². The summed E-state index contributed by atoms with van der Waals surface area (Å²) in [7, 11) is 0. The van der Waals surface area contributed by atoms with Crippen molar-refractivity contribution < 1.29 is 4.74 Å². The number of nitrogens with one attached hydrogen (secondary N) is 1. The van der Waals surface area contributed by atoms with Crippen molar-refractivity contribution in [2.24, 2.45) is 0 Å². The standard InChI is InChI=1S/C10H11N3O/c11-8-1-3-9(4-2-8)14-7-10-12-5-6-13-10/h1-6H,7,11H2,(H,12,13). The molecule has 0 saturated heterocycles. The fourth-order valence-electron chi connectivity index (χ4n) is 1.09. The molecule has 0 aliphatic carbocycles. The molecule has 0 fully saturated rings. The summed E-state index contributed by atoms with van der Waals surface area (Å²) in [4.78, 5) is 7.00. The van der Waals surface area contributed by atoms with Crippen LogP contribution in [-0.4, -0.2) is 9.97 Å². The molecule has 0 bridgehead atoms. The third kappa shape index (κ3) is 2.04. The second kappa shape index (κ2) is 3.83. The van der Waals surface area contributed by atoms with Crippen LogP contribution < -0.4 is 10.5 Å². The van der Waals surface area contributed by atoms with E-state index in [9.17, 15) is 0 Å². The van der Waals surface area contributed by atoms with Gasteiger partial charge in [0.2, 0.25) is 0 Å². The number of nitrogen functional groups attached to an aromatic ring is 1. The topological polar surface area (TPSA) is 63.9 Å². The summed E-state index contributed by atoms with van der Waals surface area (Å²) >= 11 is 0. The Bertz CT molecular complexity index is 380. The van der Waals surface area contributed by atoms with E-state index in [1.54, 1.807) is 24.5 Å². The molecule has 14 heavy (non-hydrogen) atoms. The van der Waals surface area contributed by atoms with Gasteiger partial charge in [-0.15, -0.1) is 0 Å². The van der Waals surface area contributed by atoms with Gasteiger partial charge in [0.05, 0.1) is 0 Å². The number of hydrogen-bond donors (Lipinski definition) is 2. The van der Waals surface area contributed by atoms with Crippen LogP contribution in [-0.2, 0) is 6.61 Å². The number of H-pyrrole nitrogens is 1. The van der Waals surface area contributed by atoms with Crippen LogP contribution in [0.1, 0.15) is 5.82 Å². The second-order valence-electron chi connectivity index (χ2n) is 2.89. The van der Waals surface area contributed by atoms with Crippen LogP contribution in [0.15, 0.2) is 36.7 Å². The van der Waals surface area contributed by atoms with Gasteiger partial charge in [-0.05, 0) is 24.3 Å². The third-order valence-corrected chi connectivity index (χ3v) is 1.81. The van der Waals surface area contributed by atoms with Crippen LogP contribution in [0.4, 0.5) is 5.69 Å². The predicted molar refractivity (Wildman–Crippen MR) is 53.8 cm³/mol. The monoisotopic (exact) mass is 189 g/mol. The molecular formula is C10H11N3O. The minimum Gasteiger partial charge on any atom is -0.486 e. The van der Waals surface area contributed by atoms with E-state index in [0.29, 0.717) is 6.61 Å². The average Bonchev–Trinajstić information content (AvgIpc) is 2.70. The van der Waals surface area contributed by atoms with Crippen LogP contribution in [0.25, 0.3) is 0 Å². The first-order valence-electron chi connectivity index (χ1n) is 4.31. The van der Waals surface area contributed by atoms with Gasteiger partial charge in [0.1, 0.15) is 18.2 Å². The summed E-state index contributed by atoms with van der Waals surface area (Å²) in [6, 6.07) is 7.27. The van der Waals surface area contributed by atoms with E-state index in [0.717, 1.165) is 17.3 Å². The maximum Gasteiger partial charge on any atom is 0.146 e. The van der Waals surface area contributed by atoms with E-state index in [1.807, 2.05) is 12.1 Å². The molecule has 0 radical (unpaired) electrons. The number of imidazole rings is 1. The zero-order valence-electron chi connectivity index (χ0n) is 7.60. The maximum absolute atomic E-state index is 5.54. The molecule has 72 valence electrons. The Hall–Kier alpha value is -1.97. The lowest BCUT2D eigenvalue weighted by Gasteiger charge is -2.03. The molecule has 1 aromatic carbocycles. The Morgan fingerprint density at radius 3 is 2.71 bits per heavy atom. The minimum atomic E-state index is 0.441. The molecule has 0 saturated carbocycles. The Morgan fingerprint density at radius 1 is 1.29 bits per heavy atom. The number of ether oxygens (including phenoxy) is 1. The molecule has 4 nitrogen and oxygen atoms in total. The molecule has 1 heterocycles. The minimum absolute atomic E-state index is 0.441. The number of hydrogen-bond acceptors (Lipinski definition) is 3. The van der Waals surface area contributed by atoms with Crippen molar-refractivity contribution in [3.05, 3.63) is 42.5 Å². The van der Waals surface area contributed by atoms with Crippen LogP contribution >= 0.6 is 0 Å². The summed E-state index contributed by atoms with van der Waals surface area (Å²) in [5.74, 6) is 1.59. The molecule has 0 amide bonds. The number of aromatic amines is 1. The van der Waals surface area contributed by atoms with E-state index in [2.05, 4.69) is 9.97 Å². The van der Waals surface area contributed by atoms with Crippen LogP contribution in [0.2, 0.25) is 0 Å². The number of aromatic nitrogens is 2. The van der Waals surface area contributed by atoms with E-state index >= 15 is 0 Å². The van der Waals surface area contributed by atoms with Crippen molar-refractivity contribution in [1.29, 1.82) is 0 Å². The Morgan fingerprint density at radius 2 is 2.07 bits per heavy atom. The van der Waals surface area contributed by atoms with Crippen molar-refractivity contribution in [3.63, 3.8) is 0 Å². The van der Waals surface area contributed by atoms with Gasteiger partial charge < -0.3 is 15.5 Å². The van der Waals surface area contributed by atoms with Gasteiger partial charge in [-0.3, -0.25) is 0 Å². The average molecular weight is 189 g/mol.